The molecule has 0 aromatic heterocycles. The zero-order valence-electron chi connectivity index (χ0n) is 19.2. The van der Waals surface area contributed by atoms with Gasteiger partial charge in [-0.15, -0.1) is 0 Å². The first kappa shape index (κ1) is 25.0. The number of nitrogens with zero attached hydrogens (tertiary/aromatic N) is 2. The maximum Gasteiger partial charge on any atom is 0.259 e. The van der Waals surface area contributed by atoms with Crippen LogP contribution in [0.4, 0.5) is 0 Å². The number of carbonyl (C=O) groups excluding carboxylic acids is 1. The number of benzene rings is 1. The molecule has 0 saturated carbocycles. The highest BCUT2D eigenvalue weighted by Gasteiger charge is 2.20. The van der Waals surface area contributed by atoms with Crippen LogP contribution >= 0.6 is 0 Å². The van der Waals surface area contributed by atoms with Crippen molar-refractivity contribution in [1.82, 2.24) is 15.1 Å². The van der Waals surface area contributed by atoms with Crippen molar-refractivity contribution in [3.8, 4) is 5.75 Å². The number of aliphatic hydroxyl groups excluding tert-OH is 1. The topological polar surface area (TPSA) is 113 Å². The van der Waals surface area contributed by atoms with Crippen LogP contribution in [0.15, 0.2) is 48.2 Å². The van der Waals surface area contributed by atoms with E-state index in [0.29, 0.717) is 22.6 Å². The molecule has 172 valence electrons. The number of nitrogens with one attached hydrogen (secondary N) is 3. The summed E-state index contributed by atoms with van der Waals surface area (Å²) in [5, 5.41) is 27.7. The van der Waals surface area contributed by atoms with Gasteiger partial charge in [-0.3, -0.25) is 15.6 Å². The number of ether oxygens (including phenoxy) is 1. The highest BCUT2D eigenvalue weighted by atomic mass is 16.5. The van der Waals surface area contributed by atoms with Gasteiger partial charge in [0.2, 0.25) is 0 Å². The Bertz CT molecular complexity index is 951. The highest BCUT2D eigenvalue weighted by Crippen LogP contribution is 2.27. The van der Waals surface area contributed by atoms with Gasteiger partial charge in [-0.05, 0) is 62.2 Å². The van der Waals surface area contributed by atoms with E-state index in [2.05, 4.69) is 23.8 Å². The number of methoxy groups -OCH3 is 1. The van der Waals surface area contributed by atoms with E-state index in [1.165, 1.54) is 10.5 Å². The van der Waals surface area contributed by atoms with Crippen molar-refractivity contribution < 1.29 is 14.6 Å². The lowest BCUT2D eigenvalue weighted by atomic mass is 9.96. The summed E-state index contributed by atoms with van der Waals surface area (Å²) < 4.78 is 5.45. The summed E-state index contributed by atoms with van der Waals surface area (Å²) in [5.41, 5.74) is 3.78. The molecule has 8 nitrogen and oxygen atoms in total. The number of amidine groups is 1. The number of amides is 1. The molecule has 0 saturated heterocycles. The maximum atomic E-state index is 12.8. The highest BCUT2D eigenvalue weighted by molar-refractivity contribution is 6.01. The quantitative estimate of drug-likeness (QED) is 0.268. The molecule has 1 amide bonds. The van der Waals surface area contributed by atoms with Crippen molar-refractivity contribution in [3.05, 3.63) is 64.9 Å². The number of aliphatic hydroxyl groups is 1. The second kappa shape index (κ2) is 11.4. The van der Waals surface area contributed by atoms with Crippen LogP contribution in [-0.4, -0.2) is 66.3 Å². The second-order valence-corrected chi connectivity index (χ2v) is 7.91. The summed E-state index contributed by atoms with van der Waals surface area (Å²) >= 11 is 0. The Kier molecular flexibility index (Phi) is 8.92. The standard InChI is InChI=1S/C24H33N5O3/c1-16(23(26)29(15-25)18(3)14-30)7-6-8-17(2)27-24(31)21-11-20-13-28(4)10-9-19(20)12-22(21)32-5/h6-8,11-12,15,18,25-26,30H,2,9-10,13-14H2,1,3-5H3,(H,27,31)/b8-6-,16-7+,25-15?,26-23?. The van der Waals surface area contributed by atoms with Gasteiger partial charge >= 0.3 is 0 Å². The van der Waals surface area contributed by atoms with Gasteiger partial charge in [0.25, 0.3) is 5.91 Å². The molecule has 0 bridgehead atoms. The second-order valence-electron chi connectivity index (χ2n) is 7.91. The van der Waals surface area contributed by atoms with Crippen LogP contribution in [0.3, 0.4) is 0 Å². The molecule has 8 heteroatoms. The van der Waals surface area contributed by atoms with Gasteiger partial charge in [-0.1, -0.05) is 18.7 Å². The average Bonchev–Trinajstić information content (AvgIpc) is 2.77. The van der Waals surface area contributed by atoms with Crippen molar-refractivity contribution in [3.63, 3.8) is 0 Å². The van der Waals surface area contributed by atoms with E-state index in [9.17, 15) is 9.90 Å². The number of allylic oxidation sites excluding steroid dienone is 3. The molecule has 0 spiro atoms. The number of rotatable bonds is 9. The largest absolute Gasteiger partial charge is 0.496 e. The van der Waals surface area contributed by atoms with Gasteiger partial charge < -0.3 is 25.0 Å². The summed E-state index contributed by atoms with van der Waals surface area (Å²) in [7, 11) is 3.61. The summed E-state index contributed by atoms with van der Waals surface area (Å²) in [6, 6.07) is 3.46. The molecule has 0 fully saturated rings. The summed E-state index contributed by atoms with van der Waals surface area (Å²) in [5.74, 6) is 0.355. The molecule has 1 aromatic carbocycles. The predicted octanol–water partition coefficient (Wildman–Crippen LogP) is 2.70. The van der Waals surface area contributed by atoms with Crippen LogP contribution in [0, 0.1) is 10.8 Å². The van der Waals surface area contributed by atoms with Gasteiger partial charge in [0, 0.05) is 18.8 Å². The van der Waals surface area contributed by atoms with Crippen LogP contribution in [0.25, 0.3) is 0 Å². The Balaban J connectivity index is 2.08. The van der Waals surface area contributed by atoms with Crippen LogP contribution in [0.5, 0.6) is 5.75 Å². The lowest BCUT2D eigenvalue weighted by molar-refractivity contribution is 0.0964. The van der Waals surface area contributed by atoms with Crippen LogP contribution < -0.4 is 10.1 Å². The first-order chi connectivity index (χ1) is 15.2. The maximum absolute atomic E-state index is 12.8. The van der Waals surface area contributed by atoms with E-state index in [1.54, 1.807) is 39.2 Å². The molecule has 1 unspecified atom stereocenters. The fourth-order valence-corrected chi connectivity index (χ4v) is 3.42. The molecule has 1 heterocycles. The molecular formula is C24H33N5O3. The molecule has 1 aromatic rings. The lowest BCUT2D eigenvalue weighted by Gasteiger charge is -2.26. The Hall–Kier alpha value is -3.23. The fraction of sp³-hybridized carbons (Fsp3) is 0.375. The summed E-state index contributed by atoms with van der Waals surface area (Å²) in [4.78, 5) is 16.4. The van der Waals surface area contributed by atoms with Crippen LogP contribution in [0.2, 0.25) is 0 Å². The normalized spacial score (nSPS) is 15.1. The summed E-state index contributed by atoms with van der Waals surface area (Å²) in [6.07, 6.45) is 6.95. The lowest BCUT2D eigenvalue weighted by Crippen LogP contribution is -2.39. The third-order valence-corrected chi connectivity index (χ3v) is 5.40. The van der Waals surface area contributed by atoms with Crippen molar-refractivity contribution in [2.45, 2.75) is 32.9 Å². The monoisotopic (exact) mass is 439 g/mol. The molecule has 4 N–H and O–H groups in total. The Morgan fingerprint density at radius 3 is 2.78 bits per heavy atom. The molecular weight excluding hydrogens is 406 g/mol. The Labute approximate surface area is 189 Å². The molecule has 1 aliphatic rings. The van der Waals surface area contributed by atoms with E-state index >= 15 is 0 Å². The molecule has 1 atom stereocenters. The Morgan fingerprint density at radius 2 is 2.16 bits per heavy atom. The van der Waals surface area contributed by atoms with E-state index in [-0.39, 0.29) is 24.4 Å². The third kappa shape index (κ3) is 6.15. The van der Waals surface area contributed by atoms with Gasteiger partial charge in [0.15, 0.2) is 0 Å². The van der Waals surface area contributed by atoms with Crippen molar-refractivity contribution in [1.29, 1.82) is 10.8 Å². The number of likely N-dealkylation sites (N-methyl/N-ethyl adjacent to an activating group) is 1. The fourth-order valence-electron chi connectivity index (χ4n) is 3.42. The van der Waals surface area contributed by atoms with Crippen molar-refractivity contribution in [2.24, 2.45) is 0 Å². The average molecular weight is 440 g/mol. The first-order valence-corrected chi connectivity index (χ1v) is 10.4. The zero-order chi connectivity index (χ0) is 23.8. The molecule has 32 heavy (non-hydrogen) atoms. The third-order valence-electron chi connectivity index (χ3n) is 5.40. The summed E-state index contributed by atoms with van der Waals surface area (Å²) in [6.45, 7) is 8.95. The molecule has 0 radical (unpaired) electrons. The van der Waals surface area contributed by atoms with Gasteiger partial charge in [-0.2, -0.15) is 0 Å². The minimum atomic E-state index is -0.368. The molecule has 2 rings (SSSR count). The Morgan fingerprint density at radius 1 is 1.44 bits per heavy atom. The van der Waals surface area contributed by atoms with Crippen LogP contribution in [0.1, 0.15) is 35.3 Å². The number of hydrogen-bond donors (Lipinski definition) is 4. The predicted molar refractivity (Wildman–Crippen MR) is 127 cm³/mol. The zero-order valence-corrected chi connectivity index (χ0v) is 19.2. The van der Waals surface area contributed by atoms with Crippen LogP contribution in [-0.2, 0) is 13.0 Å². The minimum absolute atomic E-state index is 0.115. The van der Waals surface area contributed by atoms with E-state index < -0.39 is 0 Å². The van der Waals surface area contributed by atoms with Crippen molar-refractivity contribution >= 4 is 18.1 Å². The first-order valence-electron chi connectivity index (χ1n) is 10.4. The van der Waals surface area contributed by atoms with Gasteiger partial charge in [0.05, 0.1) is 31.7 Å². The van der Waals surface area contributed by atoms with Crippen molar-refractivity contribution in [2.75, 3.05) is 27.3 Å². The molecule has 0 aliphatic carbocycles. The van der Waals surface area contributed by atoms with E-state index in [1.807, 2.05) is 12.1 Å². The SMILES string of the molecule is C=C(/C=C\C=C(/C)C(=N)N(C=N)C(C)CO)NC(=O)c1cc2c(cc1OC)CCN(C)C2. The van der Waals surface area contributed by atoms with Gasteiger partial charge in [-0.25, -0.2) is 0 Å². The smallest absolute Gasteiger partial charge is 0.259 e. The van der Waals surface area contributed by atoms with Gasteiger partial charge in [0.1, 0.15) is 11.6 Å². The number of fused-ring (bicyclic) bond motifs is 1. The molecule has 1 aliphatic heterocycles. The van der Waals surface area contributed by atoms with E-state index in [0.717, 1.165) is 31.4 Å². The number of carbonyl (C=O) groups is 1. The number of hydrogen-bond acceptors (Lipinski definition) is 6. The van der Waals surface area contributed by atoms with E-state index in [4.69, 9.17) is 15.6 Å². The minimum Gasteiger partial charge on any atom is -0.496 e.